The van der Waals surface area contributed by atoms with Gasteiger partial charge in [0, 0.05) is 12.6 Å². The Balaban J connectivity index is 3.85. The Bertz CT molecular complexity index is 372. The molecule has 0 aliphatic carbocycles. The maximum Gasteiger partial charge on any atom is 0.331 e. The normalized spacial score (nSPS) is 10.3. The van der Waals surface area contributed by atoms with Gasteiger partial charge in [-0.3, -0.25) is 10.1 Å². The summed E-state index contributed by atoms with van der Waals surface area (Å²) < 4.78 is 4.58. The smallest absolute Gasteiger partial charge is 0.331 e. The summed E-state index contributed by atoms with van der Waals surface area (Å²) in [4.78, 5) is 33.2. The maximum atomic E-state index is 11.1. The highest BCUT2D eigenvalue weighted by Crippen LogP contribution is 1.84. The molecule has 18 heavy (non-hydrogen) atoms. The number of hydrogen-bond donors (Lipinski definition) is 2. The largest absolute Gasteiger partial charge is 0.452 e. The number of allylic oxidation sites excluding steroid dienone is 3. The van der Waals surface area contributed by atoms with E-state index >= 15 is 0 Å². The summed E-state index contributed by atoms with van der Waals surface area (Å²) in [5.74, 6) is -1.36. The summed E-state index contributed by atoms with van der Waals surface area (Å²) >= 11 is 0. The molecule has 0 aliphatic rings. The van der Waals surface area contributed by atoms with Crippen molar-refractivity contribution in [2.45, 2.75) is 6.92 Å². The van der Waals surface area contributed by atoms with Crippen LogP contribution in [0.25, 0.3) is 0 Å². The van der Waals surface area contributed by atoms with Gasteiger partial charge >= 0.3 is 12.0 Å². The fraction of sp³-hybridized carbons (Fsp3) is 0.250. The lowest BCUT2D eigenvalue weighted by molar-refractivity contribution is -0.143. The van der Waals surface area contributed by atoms with E-state index in [0.29, 0.717) is 0 Å². The van der Waals surface area contributed by atoms with Crippen LogP contribution < -0.4 is 10.6 Å². The molecule has 0 radical (unpaired) electrons. The molecule has 6 heteroatoms. The standard InChI is InChI=1S/C12H16N2O4/c1-3-5-6-7-11(16)18-9-10(15)14-12(17)13-8-4-2/h3-7H,2,8-9H2,1H3,(H2,13,14,15,17)/b5-3+,7-6+. The van der Waals surface area contributed by atoms with Crippen LogP contribution in [0.15, 0.2) is 37.0 Å². The van der Waals surface area contributed by atoms with Crippen LogP contribution in [0.2, 0.25) is 0 Å². The number of carbonyl (C=O) groups is 3. The third-order valence-electron chi connectivity index (χ3n) is 1.54. The molecular weight excluding hydrogens is 236 g/mol. The first-order chi connectivity index (χ1) is 8.60. The van der Waals surface area contributed by atoms with Crippen molar-refractivity contribution in [2.75, 3.05) is 13.2 Å². The molecule has 0 aromatic rings. The SMILES string of the molecule is C=CCNC(=O)NC(=O)COC(=O)/C=C/C=C/C. The van der Waals surface area contributed by atoms with E-state index in [1.54, 1.807) is 19.1 Å². The Morgan fingerprint density at radius 3 is 2.61 bits per heavy atom. The lowest BCUT2D eigenvalue weighted by Crippen LogP contribution is -2.41. The van der Waals surface area contributed by atoms with Gasteiger partial charge in [-0.05, 0) is 6.92 Å². The zero-order valence-electron chi connectivity index (χ0n) is 10.1. The van der Waals surface area contributed by atoms with Gasteiger partial charge < -0.3 is 10.1 Å². The second kappa shape index (κ2) is 9.83. The first-order valence-electron chi connectivity index (χ1n) is 5.24. The minimum atomic E-state index is -0.704. The Morgan fingerprint density at radius 1 is 1.28 bits per heavy atom. The van der Waals surface area contributed by atoms with Crippen LogP contribution in [0.1, 0.15) is 6.92 Å². The molecule has 0 aromatic carbocycles. The predicted molar refractivity (Wildman–Crippen MR) is 66.7 cm³/mol. The molecule has 0 aliphatic heterocycles. The van der Waals surface area contributed by atoms with E-state index < -0.39 is 24.5 Å². The van der Waals surface area contributed by atoms with Crippen molar-refractivity contribution in [3.05, 3.63) is 37.0 Å². The third-order valence-corrected chi connectivity index (χ3v) is 1.54. The number of nitrogens with one attached hydrogen (secondary N) is 2. The number of carbonyl (C=O) groups excluding carboxylic acids is 3. The van der Waals surface area contributed by atoms with Crippen molar-refractivity contribution in [1.82, 2.24) is 10.6 Å². The van der Waals surface area contributed by atoms with Crippen LogP contribution in [0.3, 0.4) is 0 Å². The van der Waals surface area contributed by atoms with E-state index in [1.165, 1.54) is 18.2 Å². The topological polar surface area (TPSA) is 84.5 Å². The number of amides is 3. The van der Waals surface area contributed by atoms with Gasteiger partial charge in [-0.15, -0.1) is 6.58 Å². The van der Waals surface area contributed by atoms with Crippen molar-refractivity contribution in [3.8, 4) is 0 Å². The van der Waals surface area contributed by atoms with Crippen LogP contribution in [-0.4, -0.2) is 31.1 Å². The molecule has 2 N–H and O–H groups in total. The fourth-order valence-corrected chi connectivity index (χ4v) is 0.802. The van der Waals surface area contributed by atoms with Gasteiger partial charge in [-0.1, -0.05) is 24.3 Å². The summed E-state index contributed by atoms with van der Waals surface area (Å²) in [5, 5.41) is 4.33. The number of imide groups is 1. The Morgan fingerprint density at radius 2 is 2.00 bits per heavy atom. The molecule has 98 valence electrons. The van der Waals surface area contributed by atoms with Crippen molar-refractivity contribution >= 4 is 17.9 Å². The van der Waals surface area contributed by atoms with Crippen LogP contribution in [-0.2, 0) is 14.3 Å². The van der Waals surface area contributed by atoms with Gasteiger partial charge in [0.1, 0.15) is 0 Å². The highest BCUT2D eigenvalue weighted by Gasteiger charge is 2.08. The van der Waals surface area contributed by atoms with Gasteiger partial charge in [0.05, 0.1) is 0 Å². The van der Waals surface area contributed by atoms with Gasteiger partial charge in [0.2, 0.25) is 0 Å². The van der Waals surface area contributed by atoms with Crippen LogP contribution in [0.4, 0.5) is 4.79 Å². The number of esters is 1. The first kappa shape index (κ1) is 15.6. The second-order valence-electron chi connectivity index (χ2n) is 3.04. The second-order valence-corrected chi connectivity index (χ2v) is 3.04. The molecule has 6 nitrogen and oxygen atoms in total. The molecule has 0 atom stereocenters. The molecule has 0 spiro atoms. The van der Waals surface area contributed by atoms with E-state index in [0.717, 1.165) is 0 Å². The molecule has 0 heterocycles. The average molecular weight is 252 g/mol. The quantitative estimate of drug-likeness (QED) is 0.315. The minimum Gasteiger partial charge on any atom is -0.452 e. The molecule has 0 rings (SSSR count). The van der Waals surface area contributed by atoms with Crippen molar-refractivity contribution in [2.24, 2.45) is 0 Å². The summed E-state index contributed by atoms with van der Waals surface area (Å²) in [7, 11) is 0. The highest BCUT2D eigenvalue weighted by molar-refractivity contribution is 5.96. The summed E-state index contributed by atoms with van der Waals surface area (Å²) in [6.07, 6.45) is 7.50. The van der Waals surface area contributed by atoms with E-state index in [-0.39, 0.29) is 6.54 Å². The maximum absolute atomic E-state index is 11.1. The van der Waals surface area contributed by atoms with E-state index in [4.69, 9.17) is 0 Å². The Hall–Kier alpha value is -2.37. The Kier molecular flexibility index (Phi) is 8.53. The number of urea groups is 1. The van der Waals surface area contributed by atoms with Crippen molar-refractivity contribution in [3.63, 3.8) is 0 Å². The molecule has 3 amide bonds. The predicted octanol–water partition coefficient (Wildman–Crippen LogP) is 0.674. The van der Waals surface area contributed by atoms with E-state index in [1.807, 2.05) is 5.32 Å². The fourth-order valence-electron chi connectivity index (χ4n) is 0.802. The molecule has 0 saturated heterocycles. The number of rotatable bonds is 6. The number of ether oxygens (including phenoxy) is 1. The van der Waals surface area contributed by atoms with E-state index in [9.17, 15) is 14.4 Å². The highest BCUT2D eigenvalue weighted by atomic mass is 16.5. The molecule has 0 bridgehead atoms. The average Bonchev–Trinajstić information content (AvgIpc) is 2.34. The number of hydrogen-bond acceptors (Lipinski definition) is 4. The van der Waals surface area contributed by atoms with Gasteiger partial charge in [0.15, 0.2) is 6.61 Å². The van der Waals surface area contributed by atoms with Crippen molar-refractivity contribution in [1.29, 1.82) is 0 Å². The lowest BCUT2D eigenvalue weighted by Gasteiger charge is -2.04. The van der Waals surface area contributed by atoms with Crippen LogP contribution >= 0.6 is 0 Å². The van der Waals surface area contributed by atoms with Crippen LogP contribution in [0, 0.1) is 0 Å². The van der Waals surface area contributed by atoms with Crippen LogP contribution in [0.5, 0.6) is 0 Å². The summed E-state index contributed by atoms with van der Waals surface area (Å²) in [6.45, 7) is 4.92. The molecule has 0 fully saturated rings. The minimum absolute atomic E-state index is 0.241. The summed E-state index contributed by atoms with van der Waals surface area (Å²) in [6, 6.07) is -0.666. The molecule has 0 aromatic heterocycles. The van der Waals surface area contributed by atoms with Gasteiger partial charge in [-0.25, -0.2) is 9.59 Å². The Labute approximate surface area is 105 Å². The summed E-state index contributed by atoms with van der Waals surface area (Å²) in [5.41, 5.74) is 0. The third kappa shape index (κ3) is 8.90. The van der Waals surface area contributed by atoms with Gasteiger partial charge in [0.25, 0.3) is 5.91 Å². The monoisotopic (exact) mass is 252 g/mol. The molecule has 0 saturated carbocycles. The van der Waals surface area contributed by atoms with Crippen molar-refractivity contribution < 1.29 is 19.1 Å². The first-order valence-corrected chi connectivity index (χ1v) is 5.24. The molecule has 0 unspecified atom stereocenters. The zero-order valence-corrected chi connectivity index (χ0v) is 10.1. The van der Waals surface area contributed by atoms with Gasteiger partial charge in [-0.2, -0.15) is 0 Å². The van der Waals surface area contributed by atoms with E-state index in [2.05, 4.69) is 16.6 Å². The molecular formula is C12H16N2O4. The lowest BCUT2D eigenvalue weighted by atomic mass is 10.4. The zero-order chi connectivity index (χ0) is 13.8.